The van der Waals surface area contributed by atoms with Crippen LogP contribution in [0.15, 0.2) is 0 Å². The number of methoxy groups -OCH3 is 1. The van der Waals surface area contributed by atoms with Gasteiger partial charge in [0, 0.05) is 0 Å². The number of alkyl halides is 1. The third-order valence-electron chi connectivity index (χ3n) is 1.15. The third kappa shape index (κ3) is 5.63. The van der Waals surface area contributed by atoms with E-state index in [9.17, 15) is 24.2 Å². The molecule has 2 nitrogen and oxygen atoms in total. The van der Waals surface area contributed by atoms with E-state index in [4.69, 9.17) is 0 Å². The molecular weight excluding hydrogens is 299 g/mol. The molecule has 0 saturated heterocycles. The summed E-state index contributed by atoms with van der Waals surface area (Å²) in [4.78, 5) is 10.7. The first-order valence-corrected chi connectivity index (χ1v) is 6.08. The predicted octanol–water partition coefficient (Wildman–Crippen LogP) is 3.61. The number of carbonyl (C=O) groups excluding carboxylic acids is 1. The van der Waals surface area contributed by atoms with Crippen LogP contribution in [0, 0.1) is 0 Å². The van der Waals surface area contributed by atoms with Crippen LogP contribution in [0.4, 0.5) is 19.4 Å². The molecule has 0 aromatic heterocycles. The predicted molar refractivity (Wildman–Crippen MR) is 47.3 cm³/mol. The highest BCUT2D eigenvalue weighted by molar-refractivity contribution is 9.10. The summed E-state index contributed by atoms with van der Waals surface area (Å²) in [6, 6.07) is 0. The Kier molecular flexibility index (Phi) is 2.74. The first-order valence-electron chi connectivity index (χ1n) is 3.17. The van der Waals surface area contributed by atoms with E-state index in [1.54, 1.807) is 0 Å². The molecule has 0 aliphatic carbocycles. The Morgan fingerprint density at radius 1 is 1.36 bits per heavy atom. The normalized spacial score (nSPS) is 21.7. The molecular formula is C5H8BrF5O2S. The fourth-order valence-electron chi connectivity index (χ4n) is 0.784. The summed E-state index contributed by atoms with van der Waals surface area (Å²) in [5.74, 6) is -3.93. The molecule has 0 heterocycles. The number of hydrogen-bond donors (Lipinski definition) is 0. The molecule has 0 fully saturated rings. The molecule has 0 bridgehead atoms. The van der Waals surface area contributed by atoms with Gasteiger partial charge in [-0.1, -0.05) is 35.4 Å². The summed E-state index contributed by atoms with van der Waals surface area (Å²) >= 11 is 2.27. The van der Waals surface area contributed by atoms with Crippen LogP contribution in [-0.2, 0) is 9.53 Å². The van der Waals surface area contributed by atoms with Crippen LogP contribution in [0.3, 0.4) is 0 Å². The highest BCUT2D eigenvalue weighted by Crippen LogP contribution is 2.98. The minimum Gasteiger partial charge on any atom is -0.468 e. The lowest BCUT2D eigenvalue weighted by Crippen LogP contribution is -2.38. The second-order valence-electron chi connectivity index (χ2n) is 2.96. The van der Waals surface area contributed by atoms with Crippen LogP contribution < -0.4 is 0 Å². The number of hydrogen-bond acceptors (Lipinski definition) is 2. The van der Waals surface area contributed by atoms with Crippen molar-refractivity contribution >= 4 is 32.1 Å². The van der Waals surface area contributed by atoms with Gasteiger partial charge in [0.1, 0.15) is 10.1 Å². The van der Waals surface area contributed by atoms with Crippen molar-refractivity contribution < 1.29 is 29.0 Å². The fraction of sp³-hybridized carbons (Fsp3) is 0.800. The third-order valence-corrected chi connectivity index (χ3v) is 3.25. The average Bonchev–Trinajstić information content (AvgIpc) is 1.76. The lowest BCUT2D eigenvalue weighted by atomic mass is 10.2. The summed E-state index contributed by atoms with van der Waals surface area (Å²) in [6.45, 7) is 0.677. The van der Waals surface area contributed by atoms with Crippen LogP contribution in [0.1, 0.15) is 6.92 Å². The molecule has 0 aromatic carbocycles. The maximum absolute atomic E-state index is 12.0. The van der Waals surface area contributed by atoms with E-state index in [1.165, 1.54) is 0 Å². The van der Waals surface area contributed by atoms with Gasteiger partial charge in [0.25, 0.3) is 10.2 Å². The summed E-state index contributed by atoms with van der Waals surface area (Å²) in [6.07, 6.45) is 0. The van der Waals surface area contributed by atoms with Crippen LogP contribution in [-0.4, -0.2) is 23.2 Å². The number of rotatable bonds is 3. The molecule has 0 aliphatic heterocycles. The Bertz CT molecular complexity index is 257. The first-order chi connectivity index (χ1) is 5.66. The molecule has 0 radical (unpaired) electrons. The van der Waals surface area contributed by atoms with Crippen molar-refractivity contribution in [2.75, 3.05) is 12.9 Å². The van der Waals surface area contributed by atoms with Gasteiger partial charge in [0.15, 0.2) is 0 Å². The first kappa shape index (κ1) is 13.9. The van der Waals surface area contributed by atoms with E-state index in [1.807, 2.05) is 0 Å². The molecule has 0 spiro atoms. The van der Waals surface area contributed by atoms with Crippen LogP contribution >= 0.6 is 26.2 Å². The number of ether oxygens (including phenoxy) is 1. The van der Waals surface area contributed by atoms with Crippen LogP contribution in [0.25, 0.3) is 0 Å². The van der Waals surface area contributed by atoms with Crippen molar-refractivity contribution in [1.29, 1.82) is 0 Å². The summed E-state index contributed by atoms with van der Waals surface area (Å²) in [5.41, 5.74) is 0. The zero-order valence-corrected chi connectivity index (χ0v) is 9.60. The molecule has 0 aromatic rings. The van der Waals surface area contributed by atoms with Crippen molar-refractivity contribution in [2.45, 2.75) is 11.2 Å². The molecule has 0 saturated carbocycles. The molecule has 0 amide bonds. The summed E-state index contributed by atoms with van der Waals surface area (Å²) < 4.78 is 61.3. The second kappa shape index (κ2) is 2.75. The molecule has 0 aliphatic rings. The van der Waals surface area contributed by atoms with E-state index in [0.29, 0.717) is 6.92 Å². The lowest BCUT2D eigenvalue weighted by Gasteiger charge is -2.43. The van der Waals surface area contributed by atoms with Gasteiger partial charge in [-0.25, -0.2) is 0 Å². The minimum absolute atomic E-state index is 0.677. The van der Waals surface area contributed by atoms with Crippen molar-refractivity contribution in [3.8, 4) is 0 Å². The SMILES string of the molecule is COC(=O)C(C)(Br)CS(F)(F)(F)(F)F. The Morgan fingerprint density at radius 2 is 1.71 bits per heavy atom. The molecule has 0 N–H and O–H groups in total. The molecule has 14 heavy (non-hydrogen) atoms. The van der Waals surface area contributed by atoms with Gasteiger partial charge in [0.2, 0.25) is 0 Å². The number of carbonyl (C=O) groups is 1. The van der Waals surface area contributed by atoms with E-state index in [-0.39, 0.29) is 0 Å². The monoisotopic (exact) mass is 306 g/mol. The van der Waals surface area contributed by atoms with Gasteiger partial charge in [-0.3, -0.25) is 4.79 Å². The Labute approximate surface area is 85.6 Å². The molecule has 1 atom stereocenters. The van der Waals surface area contributed by atoms with Gasteiger partial charge < -0.3 is 4.74 Å². The van der Waals surface area contributed by atoms with Gasteiger partial charge in [-0.05, 0) is 6.92 Å². The smallest absolute Gasteiger partial charge is 0.323 e. The minimum atomic E-state index is -9.61. The Morgan fingerprint density at radius 3 is 1.93 bits per heavy atom. The van der Waals surface area contributed by atoms with Crippen molar-refractivity contribution in [1.82, 2.24) is 0 Å². The quantitative estimate of drug-likeness (QED) is 0.452. The number of halogens is 6. The molecule has 9 heteroatoms. The zero-order chi connectivity index (χ0) is 11.9. The van der Waals surface area contributed by atoms with Crippen LogP contribution in [0.5, 0.6) is 0 Å². The fourth-order valence-corrected chi connectivity index (χ4v) is 3.39. The van der Waals surface area contributed by atoms with Crippen LogP contribution in [0.2, 0.25) is 0 Å². The van der Waals surface area contributed by atoms with Crippen molar-refractivity contribution in [3.63, 3.8) is 0 Å². The average molecular weight is 307 g/mol. The van der Waals surface area contributed by atoms with Crippen molar-refractivity contribution in [2.24, 2.45) is 0 Å². The maximum Gasteiger partial charge on any atom is 0.323 e. The van der Waals surface area contributed by atoms with Gasteiger partial charge >= 0.3 is 5.97 Å². The zero-order valence-electron chi connectivity index (χ0n) is 7.20. The Hall–Kier alpha value is -0.0500. The van der Waals surface area contributed by atoms with Crippen molar-refractivity contribution in [3.05, 3.63) is 0 Å². The van der Waals surface area contributed by atoms with E-state index in [0.717, 1.165) is 7.11 Å². The highest BCUT2D eigenvalue weighted by atomic mass is 79.9. The van der Waals surface area contributed by atoms with E-state index >= 15 is 0 Å². The molecule has 1 unspecified atom stereocenters. The number of esters is 1. The lowest BCUT2D eigenvalue weighted by molar-refractivity contribution is -0.142. The molecule has 88 valence electrons. The summed E-state index contributed by atoms with van der Waals surface area (Å²) in [7, 11) is -8.80. The maximum atomic E-state index is 12.0. The topological polar surface area (TPSA) is 26.3 Å². The largest absolute Gasteiger partial charge is 0.468 e. The summed E-state index contributed by atoms with van der Waals surface area (Å²) in [5, 5.41) is 0. The van der Waals surface area contributed by atoms with Gasteiger partial charge in [-0.2, -0.15) is 0 Å². The standard InChI is InChI=1S/C5H8BrF5O2S/c1-5(6,4(12)13-2)3-14(7,8,9,10)11/h3H2,1-2H3. The van der Waals surface area contributed by atoms with E-state index in [2.05, 4.69) is 20.7 Å². The second-order valence-corrected chi connectivity index (χ2v) is 7.26. The highest BCUT2D eigenvalue weighted by Gasteiger charge is 2.67. The molecule has 0 rings (SSSR count). The Balaban J connectivity index is 4.97. The van der Waals surface area contributed by atoms with E-state index < -0.39 is 26.3 Å². The van der Waals surface area contributed by atoms with Gasteiger partial charge in [-0.15, -0.1) is 0 Å². The van der Waals surface area contributed by atoms with Gasteiger partial charge in [0.05, 0.1) is 7.11 Å².